The summed E-state index contributed by atoms with van der Waals surface area (Å²) in [4.78, 5) is 13.3. The van der Waals surface area contributed by atoms with E-state index in [4.69, 9.17) is 0 Å². The van der Waals surface area contributed by atoms with Crippen LogP contribution in [0.5, 0.6) is 0 Å². The number of ketones is 1. The van der Waals surface area contributed by atoms with Crippen LogP contribution in [-0.4, -0.2) is 26.0 Å². The van der Waals surface area contributed by atoms with Crippen molar-refractivity contribution in [3.05, 3.63) is 5.82 Å². The van der Waals surface area contributed by atoms with E-state index in [1.165, 1.54) is 4.80 Å². The molecule has 0 spiro atoms. The lowest BCUT2D eigenvalue weighted by atomic mass is 9.74. The van der Waals surface area contributed by atoms with Crippen molar-refractivity contribution in [1.29, 1.82) is 0 Å². The van der Waals surface area contributed by atoms with E-state index in [9.17, 15) is 4.79 Å². The number of carbonyl (C=O) groups is 1. The minimum Gasteiger partial charge on any atom is -0.299 e. The first-order valence-corrected chi connectivity index (χ1v) is 6.32. The van der Waals surface area contributed by atoms with Gasteiger partial charge in [-0.2, -0.15) is 4.80 Å². The minimum atomic E-state index is 0.0975. The van der Waals surface area contributed by atoms with Crippen molar-refractivity contribution in [2.75, 3.05) is 0 Å². The fourth-order valence-corrected chi connectivity index (χ4v) is 2.57. The molecule has 17 heavy (non-hydrogen) atoms. The lowest BCUT2D eigenvalue weighted by Crippen LogP contribution is -2.29. The van der Waals surface area contributed by atoms with E-state index in [1.807, 2.05) is 0 Å². The van der Waals surface area contributed by atoms with Crippen molar-refractivity contribution >= 4 is 5.78 Å². The largest absolute Gasteiger partial charge is 0.299 e. The summed E-state index contributed by atoms with van der Waals surface area (Å²) in [6, 6.07) is 0. The fraction of sp³-hybridized carbons (Fsp3) is 0.833. The highest BCUT2D eigenvalue weighted by Crippen LogP contribution is 2.32. The number of Topliss-reactive ketones (excluding diaryl/α,β-unsaturated/α-hetero) is 1. The number of hydrogen-bond acceptors (Lipinski definition) is 4. The molecule has 5 nitrogen and oxygen atoms in total. The van der Waals surface area contributed by atoms with Gasteiger partial charge in [-0.1, -0.05) is 13.8 Å². The molecule has 0 aliphatic heterocycles. The second-order valence-corrected chi connectivity index (χ2v) is 5.34. The standard InChI is InChI=1S/C12H20N4O/c1-8(2)9-4-5-11(17)10(6-9)7-12-13-15-16(3)14-12/h8-10H,4-7H2,1-3H3. The van der Waals surface area contributed by atoms with Gasteiger partial charge in [-0.3, -0.25) is 4.79 Å². The van der Waals surface area contributed by atoms with Gasteiger partial charge in [0.25, 0.3) is 0 Å². The van der Waals surface area contributed by atoms with Crippen molar-refractivity contribution in [3.8, 4) is 0 Å². The Bertz CT molecular complexity index is 399. The van der Waals surface area contributed by atoms with E-state index in [0.717, 1.165) is 12.8 Å². The van der Waals surface area contributed by atoms with Crippen molar-refractivity contribution in [2.45, 2.75) is 39.5 Å². The molecule has 1 heterocycles. The SMILES string of the molecule is CC(C)C1CCC(=O)C(Cc2nnn(C)n2)C1. The minimum absolute atomic E-state index is 0.0975. The normalized spacial score (nSPS) is 25.5. The van der Waals surface area contributed by atoms with Gasteiger partial charge in [0.1, 0.15) is 5.78 Å². The Morgan fingerprint density at radius 3 is 2.82 bits per heavy atom. The first-order chi connectivity index (χ1) is 8.06. The van der Waals surface area contributed by atoms with Gasteiger partial charge < -0.3 is 0 Å². The van der Waals surface area contributed by atoms with Gasteiger partial charge in [-0.25, -0.2) is 0 Å². The van der Waals surface area contributed by atoms with E-state index >= 15 is 0 Å². The topological polar surface area (TPSA) is 60.7 Å². The summed E-state index contributed by atoms with van der Waals surface area (Å²) >= 11 is 0. The molecule has 2 unspecified atom stereocenters. The molecule has 0 aromatic carbocycles. The molecule has 94 valence electrons. The van der Waals surface area contributed by atoms with Gasteiger partial charge in [-0.05, 0) is 29.9 Å². The highest BCUT2D eigenvalue weighted by atomic mass is 16.1. The number of tetrazole rings is 1. The molecule has 5 heteroatoms. The number of rotatable bonds is 3. The van der Waals surface area contributed by atoms with Crippen molar-refractivity contribution in [3.63, 3.8) is 0 Å². The van der Waals surface area contributed by atoms with Crippen LogP contribution >= 0.6 is 0 Å². The number of nitrogens with zero attached hydrogens (tertiary/aromatic N) is 4. The second kappa shape index (κ2) is 4.94. The van der Waals surface area contributed by atoms with Gasteiger partial charge in [-0.15, -0.1) is 10.2 Å². The van der Waals surface area contributed by atoms with Crippen molar-refractivity contribution in [2.24, 2.45) is 24.8 Å². The Balaban J connectivity index is 2.00. The summed E-state index contributed by atoms with van der Waals surface area (Å²) in [6.45, 7) is 4.47. The zero-order chi connectivity index (χ0) is 12.4. The Morgan fingerprint density at radius 2 is 2.24 bits per heavy atom. The maximum Gasteiger partial charge on any atom is 0.175 e. The number of aryl methyl sites for hydroxylation is 1. The average Bonchev–Trinajstić information content (AvgIpc) is 2.67. The first-order valence-electron chi connectivity index (χ1n) is 6.32. The maximum atomic E-state index is 11.9. The molecule has 0 bridgehead atoms. The van der Waals surface area contributed by atoms with E-state index in [-0.39, 0.29) is 5.92 Å². The molecule has 1 saturated carbocycles. The molecule has 1 aliphatic carbocycles. The van der Waals surface area contributed by atoms with Gasteiger partial charge in [0.15, 0.2) is 5.82 Å². The van der Waals surface area contributed by atoms with Crippen molar-refractivity contribution in [1.82, 2.24) is 20.2 Å². The van der Waals surface area contributed by atoms with Crippen LogP contribution in [0.25, 0.3) is 0 Å². The number of hydrogen-bond donors (Lipinski definition) is 0. The number of aromatic nitrogens is 4. The maximum absolute atomic E-state index is 11.9. The monoisotopic (exact) mass is 236 g/mol. The lowest BCUT2D eigenvalue weighted by Gasteiger charge is -2.30. The Labute approximate surface area is 102 Å². The predicted molar refractivity (Wildman–Crippen MR) is 63.2 cm³/mol. The Kier molecular flexibility index (Phi) is 3.54. The molecule has 1 aromatic rings. The van der Waals surface area contributed by atoms with Crippen LogP contribution in [0.2, 0.25) is 0 Å². The van der Waals surface area contributed by atoms with Crippen LogP contribution in [0.3, 0.4) is 0 Å². The summed E-state index contributed by atoms with van der Waals surface area (Å²) in [7, 11) is 1.75. The molecule has 2 atom stereocenters. The van der Waals surface area contributed by atoms with Crippen LogP contribution in [0, 0.1) is 17.8 Å². The van der Waals surface area contributed by atoms with Crippen LogP contribution in [-0.2, 0) is 18.3 Å². The first kappa shape index (κ1) is 12.2. The number of carbonyl (C=O) groups excluding carboxylic acids is 1. The lowest BCUT2D eigenvalue weighted by molar-refractivity contribution is -0.126. The predicted octanol–water partition coefficient (Wildman–Crippen LogP) is 1.39. The smallest absolute Gasteiger partial charge is 0.175 e. The zero-order valence-electron chi connectivity index (χ0n) is 10.8. The van der Waals surface area contributed by atoms with E-state index < -0.39 is 0 Å². The van der Waals surface area contributed by atoms with Crippen LogP contribution < -0.4 is 0 Å². The third kappa shape index (κ3) is 2.90. The summed E-state index contributed by atoms with van der Waals surface area (Å²) in [6.07, 6.45) is 3.39. The quantitative estimate of drug-likeness (QED) is 0.795. The Hall–Kier alpha value is -1.26. The highest BCUT2D eigenvalue weighted by Gasteiger charge is 2.31. The molecule has 0 amide bonds. The van der Waals surface area contributed by atoms with E-state index in [2.05, 4.69) is 29.3 Å². The van der Waals surface area contributed by atoms with E-state index in [0.29, 0.717) is 36.3 Å². The highest BCUT2D eigenvalue weighted by molar-refractivity contribution is 5.81. The third-order valence-electron chi connectivity index (χ3n) is 3.73. The summed E-state index contributed by atoms with van der Waals surface area (Å²) in [5.41, 5.74) is 0. The molecule has 0 N–H and O–H groups in total. The molecule has 0 radical (unpaired) electrons. The molecule has 1 aromatic heterocycles. The molecule has 1 aliphatic rings. The summed E-state index contributed by atoms with van der Waals surface area (Å²) < 4.78 is 0. The van der Waals surface area contributed by atoms with Gasteiger partial charge >= 0.3 is 0 Å². The fourth-order valence-electron chi connectivity index (χ4n) is 2.57. The van der Waals surface area contributed by atoms with Gasteiger partial charge in [0, 0.05) is 18.8 Å². The van der Waals surface area contributed by atoms with Crippen LogP contribution in [0.15, 0.2) is 0 Å². The van der Waals surface area contributed by atoms with Crippen LogP contribution in [0.4, 0.5) is 0 Å². The zero-order valence-corrected chi connectivity index (χ0v) is 10.8. The molecule has 0 saturated heterocycles. The molecule has 1 fully saturated rings. The van der Waals surface area contributed by atoms with Gasteiger partial charge in [0.2, 0.25) is 0 Å². The van der Waals surface area contributed by atoms with Crippen molar-refractivity contribution < 1.29 is 4.79 Å². The second-order valence-electron chi connectivity index (χ2n) is 5.34. The molecular weight excluding hydrogens is 216 g/mol. The van der Waals surface area contributed by atoms with Gasteiger partial charge in [0.05, 0.1) is 7.05 Å². The third-order valence-corrected chi connectivity index (χ3v) is 3.73. The average molecular weight is 236 g/mol. The van der Waals surface area contributed by atoms with E-state index in [1.54, 1.807) is 7.05 Å². The molecule has 2 rings (SSSR count). The molecular formula is C12H20N4O. The summed E-state index contributed by atoms with van der Waals surface area (Å²) in [5, 5.41) is 11.9. The Morgan fingerprint density at radius 1 is 1.47 bits per heavy atom. The van der Waals surface area contributed by atoms with Crippen LogP contribution in [0.1, 0.15) is 38.9 Å². The summed E-state index contributed by atoms with van der Waals surface area (Å²) in [5.74, 6) is 2.47.